The van der Waals surface area contributed by atoms with Crippen LogP contribution >= 0.6 is 0 Å². The van der Waals surface area contributed by atoms with E-state index in [9.17, 15) is 13.2 Å². The van der Waals surface area contributed by atoms with E-state index in [0.29, 0.717) is 48.1 Å². The van der Waals surface area contributed by atoms with Crippen molar-refractivity contribution in [3.05, 3.63) is 65.5 Å². The molecule has 0 fully saturated rings. The van der Waals surface area contributed by atoms with Crippen LogP contribution in [0.3, 0.4) is 0 Å². The highest BCUT2D eigenvalue weighted by Crippen LogP contribution is 2.38. The number of nitrogens with one attached hydrogen (secondary N) is 1. The quantitative estimate of drug-likeness (QED) is 0.581. The summed E-state index contributed by atoms with van der Waals surface area (Å²) >= 11 is 0. The van der Waals surface area contributed by atoms with Crippen LogP contribution in [0.5, 0.6) is 5.75 Å². The summed E-state index contributed by atoms with van der Waals surface area (Å²) in [7, 11) is -1.76. The minimum absolute atomic E-state index is 0.143. The zero-order valence-electron chi connectivity index (χ0n) is 20.1. The van der Waals surface area contributed by atoms with E-state index in [1.165, 1.54) is 0 Å². The van der Waals surface area contributed by atoms with Crippen LogP contribution in [0, 0.1) is 0 Å². The van der Waals surface area contributed by atoms with Gasteiger partial charge in [0, 0.05) is 32.4 Å². The summed E-state index contributed by atoms with van der Waals surface area (Å²) < 4.78 is 33.2. The highest BCUT2D eigenvalue weighted by Gasteiger charge is 2.40. The molecule has 35 heavy (non-hydrogen) atoms. The van der Waals surface area contributed by atoms with Gasteiger partial charge in [-0.2, -0.15) is 0 Å². The molecule has 0 radical (unpaired) electrons. The van der Waals surface area contributed by atoms with Crippen LogP contribution < -0.4 is 19.3 Å². The van der Waals surface area contributed by atoms with E-state index in [2.05, 4.69) is 14.7 Å². The number of fused-ring (bicyclic) bond motifs is 3. The van der Waals surface area contributed by atoms with E-state index in [1.54, 1.807) is 42.5 Å². The molecule has 5 rings (SSSR count). The summed E-state index contributed by atoms with van der Waals surface area (Å²) in [6.45, 7) is 6.61. The van der Waals surface area contributed by atoms with Crippen molar-refractivity contribution >= 4 is 33.3 Å². The van der Waals surface area contributed by atoms with Gasteiger partial charge < -0.3 is 14.5 Å². The monoisotopic (exact) mass is 493 g/mol. The molecule has 2 aliphatic rings. The standard InChI is InChI=1S/C25H27N5O4S/c1-5-30-22-18(24(31)29(4)20-7-6-11-26-23(20)30)13-16(15-27-22)10-12-34-17-8-9-21-19(14-17)25(2,3)28-35(21,32)33/h6-9,11,13-15,28H,5,10,12H2,1-4H3. The fraction of sp³-hybridized carbons (Fsp3) is 0.320. The maximum Gasteiger partial charge on any atom is 0.261 e. The molecule has 9 nitrogen and oxygen atoms in total. The number of nitrogens with zero attached hydrogens (tertiary/aromatic N) is 4. The van der Waals surface area contributed by atoms with Gasteiger partial charge in [0.25, 0.3) is 5.91 Å². The van der Waals surface area contributed by atoms with Crippen LogP contribution in [0.15, 0.2) is 53.7 Å². The van der Waals surface area contributed by atoms with Crippen molar-refractivity contribution in [2.75, 3.05) is 30.0 Å². The van der Waals surface area contributed by atoms with Gasteiger partial charge in [-0.15, -0.1) is 0 Å². The maximum absolute atomic E-state index is 13.3. The molecule has 0 saturated heterocycles. The Morgan fingerprint density at radius 1 is 1.11 bits per heavy atom. The number of sulfonamides is 1. The Bertz CT molecular complexity index is 1440. The number of ether oxygens (including phenoxy) is 1. The zero-order valence-corrected chi connectivity index (χ0v) is 20.9. The van der Waals surface area contributed by atoms with Crippen molar-refractivity contribution in [1.82, 2.24) is 14.7 Å². The van der Waals surface area contributed by atoms with Crippen LogP contribution in [0.2, 0.25) is 0 Å². The van der Waals surface area contributed by atoms with Gasteiger partial charge in [-0.25, -0.2) is 23.1 Å². The molecule has 0 atom stereocenters. The highest BCUT2D eigenvalue weighted by molar-refractivity contribution is 7.89. The van der Waals surface area contributed by atoms with Gasteiger partial charge in [0.1, 0.15) is 11.6 Å². The van der Waals surface area contributed by atoms with Crippen LogP contribution in [0.4, 0.5) is 17.3 Å². The lowest BCUT2D eigenvalue weighted by molar-refractivity contribution is 0.0994. The zero-order chi connectivity index (χ0) is 25.0. The number of carbonyl (C=O) groups is 1. The predicted molar refractivity (Wildman–Crippen MR) is 133 cm³/mol. The Balaban J connectivity index is 1.37. The van der Waals surface area contributed by atoms with E-state index < -0.39 is 15.6 Å². The second-order valence-electron chi connectivity index (χ2n) is 9.16. The fourth-order valence-electron chi connectivity index (χ4n) is 4.61. The molecule has 2 aromatic heterocycles. The molecule has 2 aliphatic heterocycles. The number of amides is 1. The number of aromatic nitrogens is 2. The molecule has 1 aromatic carbocycles. The lowest BCUT2D eigenvalue weighted by atomic mass is 9.96. The minimum Gasteiger partial charge on any atom is -0.493 e. The second-order valence-corrected chi connectivity index (χ2v) is 10.8. The average molecular weight is 494 g/mol. The van der Waals surface area contributed by atoms with Crippen molar-refractivity contribution in [3.63, 3.8) is 0 Å². The third-order valence-electron chi connectivity index (χ3n) is 6.38. The third-order valence-corrected chi connectivity index (χ3v) is 8.09. The van der Waals surface area contributed by atoms with Gasteiger partial charge in [-0.05, 0) is 68.3 Å². The number of benzene rings is 1. The summed E-state index contributed by atoms with van der Waals surface area (Å²) in [4.78, 5) is 26.2. The number of hydrogen-bond donors (Lipinski definition) is 1. The largest absolute Gasteiger partial charge is 0.493 e. The van der Waals surface area contributed by atoms with Crippen molar-refractivity contribution in [2.45, 2.75) is 37.6 Å². The smallest absolute Gasteiger partial charge is 0.261 e. The Hall–Kier alpha value is -3.50. The van der Waals surface area contributed by atoms with E-state index in [1.807, 2.05) is 43.9 Å². The number of pyridine rings is 2. The van der Waals surface area contributed by atoms with Gasteiger partial charge in [-0.1, -0.05) is 0 Å². The third kappa shape index (κ3) is 3.92. The van der Waals surface area contributed by atoms with Gasteiger partial charge in [0.05, 0.1) is 28.3 Å². The highest BCUT2D eigenvalue weighted by atomic mass is 32.2. The lowest BCUT2D eigenvalue weighted by Crippen LogP contribution is -2.32. The molecule has 0 bridgehead atoms. The predicted octanol–water partition coefficient (Wildman–Crippen LogP) is 3.37. The summed E-state index contributed by atoms with van der Waals surface area (Å²) in [5, 5.41) is 0. The van der Waals surface area contributed by atoms with Crippen molar-refractivity contribution in [1.29, 1.82) is 0 Å². The molecule has 10 heteroatoms. The molecule has 3 aromatic rings. The molecular weight excluding hydrogens is 466 g/mol. The van der Waals surface area contributed by atoms with Crippen molar-refractivity contribution < 1.29 is 17.9 Å². The molecule has 1 N–H and O–H groups in total. The average Bonchev–Trinajstić information content (AvgIpc) is 2.96. The number of hydrogen-bond acceptors (Lipinski definition) is 7. The van der Waals surface area contributed by atoms with Crippen LogP contribution in [-0.2, 0) is 22.0 Å². The summed E-state index contributed by atoms with van der Waals surface area (Å²) in [5.41, 5.74) is 2.10. The van der Waals surface area contributed by atoms with Crippen molar-refractivity contribution in [2.24, 2.45) is 0 Å². The normalized spacial score (nSPS) is 17.4. The molecule has 0 aliphatic carbocycles. The number of anilines is 3. The first-order valence-corrected chi connectivity index (χ1v) is 12.9. The minimum atomic E-state index is -3.50. The topological polar surface area (TPSA) is 105 Å². The molecule has 0 saturated carbocycles. The Kier molecular flexibility index (Phi) is 5.52. The van der Waals surface area contributed by atoms with Crippen molar-refractivity contribution in [3.8, 4) is 5.75 Å². The second kappa shape index (κ2) is 8.31. The maximum atomic E-state index is 13.3. The molecule has 1 amide bonds. The van der Waals surface area contributed by atoms with Crippen LogP contribution in [0.25, 0.3) is 0 Å². The van der Waals surface area contributed by atoms with E-state index in [0.717, 1.165) is 11.3 Å². The fourth-order valence-corrected chi connectivity index (χ4v) is 6.35. The van der Waals surface area contributed by atoms with Crippen LogP contribution in [-0.4, -0.2) is 44.5 Å². The SMILES string of the molecule is CCN1c2ncc(CCOc3ccc4c(c3)C(C)(C)NS4(=O)=O)cc2C(=O)N(C)c2cccnc21. The summed E-state index contributed by atoms with van der Waals surface area (Å²) in [6, 6.07) is 10.6. The molecular formula is C25H27N5O4S. The molecule has 4 heterocycles. The Morgan fingerprint density at radius 3 is 2.69 bits per heavy atom. The van der Waals surface area contributed by atoms with Crippen LogP contribution in [0.1, 0.15) is 42.3 Å². The van der Waals surface area contributed by atoms with E-state index in [4.69, 9.17) is 4.74 Å². The van der Waals surface area contributed by atoms with E-state index in [-0.39, 0.29) is 10.8 Å². The lowest BCUT2D eigenvalue weighted by Gasteiger charge is -2.22. The first kappa shape index (κ1) is 23.3. The first-order chi connectivity index (χ1) is 16.6. The molecule has 0 spiro atoms. The van der Waals surface area contributed by atoms with E-state index >= 15 is 0 Å². The number of carbonyl (C=O) groups excluding carboxylic acids is 1. The number of rotatable bonds is 5. The van der Waals surface area contributed by atoms with Gasteiger partial charge in [-0.3, -0.25) is 4.79 Å². The molecule has 0 unspecified atom stereocenters. The Labute approximate surface area is 204 Å². The molecule has 182 valence electrons. The first-order valence-electron chi connectivity index (χ1n) is 11.4. The Morgan fingerprint density at radius 2 is 1.91 bits per heavy atom. The van der Waals surface area contributed by atoms with Gasteiger partial charge >= 0.3 is 0 Å². The van der Waals surface area contributed by atoms with Gasteiger partial charge in [0.2, 0.25) is 10.0 Å². The summed E-state index contributed by atoms with van der Waals surface area (Å²) in [5.74, 6) is 1.73. The summed E-state index contributed by atoms with van der Waals surface area (Å²) in [6.07, 6.45) is 4.00. The van der Waals surface area contributed by atoms with Gasteiger partial charge in [0.15, 0.2) is 5.82 Å².